The Bertz CT molecular complexity index is 553. The third-order valence-corrected chi connectivity index (χ3v) is 5.40. The van der Waals surface area contributed by atoms with Crippen LogP contribution in [0.1, 0.15) is 57.4 Å². The summed E-state index contributed by atoms with van der Waals surface area (Å²) in [6.07, 6.45) is 10.4. The van der Waals surface area contributed by atoms with E-state index in [1.165, 1.54) is 32.1 Å². The number of halogens is 3. The largest absolute Gasteiger partial charge is 0.204 e. The summed E-state index contributed by atoms with van der Waals surface area (Å²) >= 11 is 0. The van der Waals surface area contributed by atoms with Gasteiger partial charge in [0, 0.05) is 0 Å². The highest BCUT2D eigenvalue weighted by Crippen LogP contribution is 2.44. The standard InChI is InChI=1S/C19H23F3/c1-2-3-12-4-5-14-9-15(7-6-13(14)8-12)16-10-17(20)19(22)18(21)11-16/h9-14H,2-8H2,1H3. The molecule has 0 aliphatic heterocycles. The average Bonchev–Trinajstić information content (AvgIpc) is 2.52. The zero-order valence-corrected chi connectivity index (χ0v) is 13.0. The van der Waals surface area contributed by atoms with Gasteiger partial charge in [0.2, 0.25) is 0 Å². The van der Waals surface area contributed by atoms with E-state index in [0.717, 1.165) is 36.5 Å². The van der Waals surface area contributed by atoms with Crippen LogP contribution in [0.2, 0.25) is 0 Å². The van der Waals surface area contributed by atoms with Crippen LogP contribution >= 0.6 is 0 Å². The van der Waals surface area contributed by atoms with Crippen LogP contribution in [0.25, 0.3) is 5.57 Å². The molecular formula is C19H23F3. The molecule has 3 unspecified atom stereocenters. The average molecular weight is 308 g/mol. The molecule has 1 aromatic carbocycles. The van der Waals surface area contributed by atoms with Gasteiger partial charge in [-0.25, -0.2) is 13.2 Å². The van der Waals surface area contributed by atoms with Gasteiger partial charge in [-0.05, 0) is 73.1 Å². The molecule has 1 saturated carbocycles. The molecular weight excluding hydrogens is 285 g/mol. The predicted molar refractivity (Wildman–Crippen MR) is 82.8 cm³/mol. The van der Waals surface area contributed by atoms with Gasteiger partial charge in [0.1, 0.15) is 0 Å². The van der Waals surface area contributed by atoms with E-state index in [0.29, 0.717) is 17.4 Å². The normalized spacial score (nSPS) is 28.2. The van der Waals surface area contributed by atoms with E-state index < -0.39 is 17.5 Å². The molecule has 2 aliphatic rings. The third-order valence-electron chi connectivity index (χ3n) is 5.40. The molecule has 0 bridgehead atoms. The quantitative estimate of drug-likeness (QED) is 0.591. The van der Waals surface area contributed by atoms with Gasteiger partial charge in [0.25, 0.3) is 0 Å². The minimum Gasteiger partial charge on any atom is -0.204 e. The van der Waals surface area contributed by atoms with Crippen molar-refractivity contribution in [1.29, 1.82) is 0 Å². The fraction of sp³-hybridized carbons (Fsp3) is 0.579. The molecule has 0 heterocycles. The van der Waals surface area contributed by atoms with Gasteiger partial charge in [-0.3, -0.25) is 0 Å². The Morgan fingerprint density at radius 2 is 1.77 bits per heavy atom. The molecule has 3 rings (SSSR count). The van der Waals surface area contributed by atoms with Crippen molar-refractivity contribution in [2.24, 2.45) is 17.8 Å². The van der Waals surface area contributed by atoms with Gasteiger partial charge in [-0.2, -0.15) is 0 Å². The van der Waals surface area contributed by atoms with E-state index in [9.17, 15) is 13.2 Å². The monoisotopic (exact) mass is 308 g/mol. The highest BCUT2D eigenvalue weighted by atomic mass is 19.2. The highest BCUT2D eigenvalue weighted by molar-refractivity contribution is 5.66. The maximum absolute atomic E-state index is 13.4. The molecule has 0 nitrogen and oxygen atoms in total. The van der Waals surface area contributed by atoms with Gasteiger partial charge in [0.05, 0.1) is 0 Å². The van der Waals surface area contributed by atoms with E-state index in [1.54, 1.807) is 0 Å². The maximum atomic E-state index is 13.4. The summed E-state index contributed by atoms with van der Waals surface area (Å²) in [5.41, 5.74) is 1.48. The zero-order valence-electron chi connectivity index (χ0n) is 13.0. The number of hydrogen-bond donors (Lipinski definition) is 0. The van der Waals surface area contributed by atoms with Gasteiger partial charge >= 0.3 is 0 Å². The molecule has 0 spiro atoms. The SMILES string of the molecule is CCCC1CCC2C=C(c3cc(F)c(F)c(F)c3)CCC2C1. The Labute approximate surface area is 130 Å². The number of hydrogen-bond acceptors (Lipinski definition) is 0. The number of benzene rings is 1. The lowest BCUT2D eigenvalue weighted by Crippen LogP contribution is -2.26. The van der Waals surface area contributed by atoms with E-state index in [4.69, 9.17) is 0 Å². The molecule has 1 aromatic rings. The smallest absolute Gasteiger partial charge is 0.194 e. The lowest BCUT2D eigenvalue weighted by atomic mass is 9.67. The molecule has 0 N–H and O–H groups in total. The van der Waals surface area contributed by atoms with Crippen molar-refractivity contribution in [1.82, 2.24) is 0 Å². The summed E-state index contributed by atoms with van der Waals surface area (Å²) in [4.78, 5) is 0. The summed E-state index contributed by atoms with van der Waals surface area (Å²) in [5, 5.41) is 0. The lowest BCUT2D eigenvalue weighted by Gasteiger charge is -2.38. The third kappa shape index (κ3) is 3.09. The second-order valence-corrected chi connectivity index (χ2v) is 6.88. The Morgan fingerprint density at radius 1 is 1.05 bits per heavy atom. The van der Waals surface area contributed by atoms with Gasteiger partial charge in [0.15, 0.2) is 17.5 Å². The molecule has 0 amide bonds. The summed E-state index contributed by atoms with van der Waals surface area (Å²) in [7, 11) is 0. The van der Waals surface area contributed by atoms with E-state index in [-0.39, 0.29) is 0 Å². The first-order valence-corrected chi connectivity index (χ1v) is 8.44. The van der Waals surface area contributed by atoms with Crippen molar-refractivity contribution in [2.75, 3.05) is 0 Å². The van der Waals surface area contributed by atoms with Crippen LogP contribution in [0.3, 0.4) is 0 Å². The van der Waals surface area contributed by atoms with Gasteiger partial charge in [-0.1, -0.05) is 25.8 Å². The fourth-order valence-corrected chi connectivity index (χ4v) is 4.27. The van der Waals surface area contributed by atoms with Gasteiger partial charge < -0.3 is 0 Å². The van der Waals surface area contributed by atoms with Crippen LogP contribution in [0.5, 0.6) is 0 Å². The van der Waals surface area contributed by atoms with Crippen LogP contribution in [-0.4, -0.2) is 0 Å². The Morgan fingerprint density at radius 3 is 2.45 bits per heavy atom. The summed E-state index contributed by atoms with van der Waals surface area (Å²) in [5.74, 6) is -1.48. The van der Waals surface area contributed by atoms with Crippen LogP contribution in [0, 0.1) is 35.2 Å². The Hall–Kier alpha value is -1.25. The van der Waals surface area contributed by atoms with Crippen molar-refractivity contribution in [3.63, 3.8) is 0 Å². The molecule has 0 saturated heterocycles. The fourth-order valence-electron chi connectivity index (χ4n) is 4.27. The van der Waals surface area contributed by atoms with Crippen LogP contribution in [0.15, 0.2) is 18.2 Å². The van der Waals surface area contributed by atoms with E-state index in [2.05, 4.69) is 13.0 Å². The minimum absolute atomic E-state index is 0.505. The van der Waals surface area contributed by atoms with Crippen LogP contribution in [-0.2, 0) is 0 Å². The Kier molecular flexibility index (Phi) is 4.60. The lowest BCUT2D eigenvalue weighted by molar-refractivity contribution is 0.190. The van der Waals surface area contributed by atoms with Crippen molar-refractivity contribution in [2.45, 2.75) is 51.9 Å². The second-order valence-electron chi connectivity index (χ2n) is 6.88. The minimum atomic E-state index is -1.38. The number of allylic oxidation sites excluding steroid dienone is 2. The van der Waals surface area contributed by atoms with Crippen molar-refractivity contribution in [3.8, 4) is 0 Å². The predicted octanol–water partition coefficient (Wildman–Crippen LogP) is 6.11. The molecule has 120 valence electrons. The maximum Gasteiger partial charge on any atom is 0.194 e. The van der Waals surface area contributed by atoms with Crippen molar-refractivity contribution in [3.05, 3.63) is 41.2 Å². The van der Waals surface area contributed by atoms with Crippen molar-refractivity contribution < 1.29 is 13.2 Å². The molecule has 2 aliphatic carbocycles. The Balaban J connectivity index is 1.78. The van der Waals surface area contributed by atoms with Crippen LogP contribution < -0.4 is 0 Å². The van der Waals surface area contributed by atoms with Crippen molar-refractivity contribution >= 4 is 5.57 Å². The first-order chi connectivity index (χ1) is 10.6. The molecule has 3 heteroatoms. The first-order valence-electron chi connectivity index (χ1n) is 8.44. The van der Waals surface area contributed by atoms with E-state index >= 15 is 0 Å². The number of fused-ring (bicyclic) bond motifs is 1. The first kappa shape index (κ1) is 15.6. The molecule has 0 radical (unpaired) electrons. The molecule has 0 aromatic heterocycles. The summed E-state index contributed by atoms with van der Waals surface area (Å²) in [6, 6.07) is 2.26. The molecule has 1 fully saturated rings. The summed E-state index contributed by atoms with van der Waals surface area (Å²) < 4.78 is 39.9. The van der Waals surface area contributed by atoms with E-state index in [1.807, 2.05) is 0 Å². The highest BCUT2D eigenvalue weighted by Gasteiger charge is 2.32. The summed E-state index contributed by atoms with van der Waals surface area (Å²) in [6.45, 7) is 2.24. The number of rotatable bonds is 3. The molecule has 22 heavy (non-hydrogen) atoms. The zero-order chi connectivity index (χ0) is 15.7. The van der Waals surface area contributed by atoms with Crippen LogP contribution in [0.4, 0.5) is 13.2 Å². The van der Waals surface area contributed by atoms with Gasteiger partial charge in [-0.15, -0.1) is 0 Å². The molecule has 3 atom stereocenters. The topological polar surface area (TPSA) is 0 Å². The second kappa shape index (κ2) is 6.47.